The molecule has 9 nitrogen and oxygen atoms in total. The lowest BCUT2D eigenvalue weighted by Gasteiger charge is -2.50. The summed E-state index contributed by atoms with van der Waals surface area (Å²) in [7, 11) is 0. The quantitative estimate of drug-likeness (QED) is 0.306. The number of rotatable bonds is 7. The minimum absolute atomic E-state index is 0.0118. The van der Waals surface area contributed by atoms with Crippen molar-refractivity contribution < 1.29 is 29.2 Å². The van der Waals surface area contributed by atoms with Crippen LogP contribution >= 0.6 is 0 Å². The number of aliphatic hydroxyl groups is 3. The lowest BCUT2D eigenvalue weighted by atomic mass is 9.65. The van der Waals surface area contributed by atoms with Crippen molar-refractivity contribution in [3.63, 3.8) is 0 Å². The number of amides is 1. The summed E-state index contributed by atoms with van der Waals surface area (Å²) in [5.74, 6) is 1.56. The molecule has 10 heteroatoms. The van der Waals surface area contributed by atoms with Gasteiger partial charge >= 0.3 is 0 Å². The molecule has 4 aliphatic carbocycles. The molecule has 6 rings (SSSR count). The fourth-order valence-electron chi connectivity index (χ4n) is 9.60. The van der Waals surface area contributed by atoms with Crippen molar-refractivity contribution in [1.82, 2.24) is 20.9 Å². The Bertz CT molecular complexity index is 893. The van der Waals surface area contributed by atoms with Gasteiger partial charge in [-0.3, -0.25) is 4.79 Å². The van der Waals surface area contributed by atoms with E-state index in [0.717, 1.165) is 57.8 Å². The molecular formula is C32H55FN4O5. The van der Waals surface area contributed by atoms with Gasteiger partial charge in [-0.1, -0.05) is 57.8 Å². The zero-order valence-electron chi connectivity index (χ0n) is 25.3. The van der Waals surface area contributed by atoms with Crippen LogP contribution in [0.2, 0.25) is 0 Å². The topological polar surface area (TPSA) is 118 Å². The zero-order valence-corrected chi connectivity index (χ0v) is 25.3. The van der Waals surface area contributed by atoms with Gasteiger partial charge in [0.1, 0.15) is 24.5 Å². The van der Waals surface area contributed by atoms with Crippen molar-refractivity contribution in [2.24, 2.45) is 29.6 Å². The molecule has 0 bridgehead atoms. The number of carbonyl (C=O) groups excluding carboxylic acids is 1. The lowest BCUT2D eigenvalue weighted by molar-refractivity contribution is -0.256. The van der Waals surface area contributed by atoms with Crippen molar-refractivity contribution in [2.75, 3.05) is 19.7 Å². The molecule has 0 spiro atoms. The Balaban J connectivity index is 1.24. The monoisotopic (exact) mass is 594 g/mol. The summed E-state index contributed by atoms with van der Waals surface area (Å²) in [6.07, 6.45) is 11.5. The van der Waals surface area contributed by atoms with E-state index in [9.17, 15) is 24.5 Å². The van der Waals surface area contributed by atoms with Gasteiger partial charge in [-0.2, -0.15) is 5.53 Å². The highest BCUT2D eigenvalue weighted by Crippen LogP contribution is 2.45. The van der Waals surface area contributed by atoms with Gasteiger partial charge in [-0.25, -0.2) is 14.8 Å². The highest BCUT2D eigenvalue weighted by molar-refractivity contribution is 5.79. The number of nitrogens with zero attached hydrogens (tertiary/aromatic N) is 2. The van der Waals surface area contributed by atoms with E-state index >= 15 is 0 Å². The summed E-state index contributed by atoms with van der Waals surface area (Å²) < 4.78 is 20.5. The van der Waals surface area contributed by atoms with E-state index < -0.39 is 43.4 Å². The summed E-state index contributed by atoms with van der Waals surface area (Å²) in [5, 5.41) is 35.4. The number of halogens is 1. The number of aliphatic hydroxyl groups excluding tert-OH is 3. The Morgan fingerprint density at radius 3 is 2.38 bits per heavy atom. The average Bonchev–Trinajstić information content (AvgIpc) is 3.50. The lowest BCUT2D eigenvalue weighted by Crippen LogP contribution is -2.70. The zero-order chi connectivity index (χ0) is 29.2. The Kier molecular flexibility index (Phi) is 10.4. The van der Waals surface area contributed by atoms with Crippen molar-refractivity contribution in [2.45, 2.75) is 146 Å². The van der Waals surface area contributed by atoms with Crippen molar-refractivity contribution in [3.8, 4) is 0 Å². The first-order valence-corrected chi connectivity index (χ1v) is 17.3. The molecule has 0 aromatic heterocycles. The van der Waals surface area contributed by atoms with Gasteiger partial charge in [0.15, 0.2) is 6.23 Å². The summed E-state index contributed by atoms with van der Waals surface area (Å²) in [6, 6.07) is -0.805. The number of nitrogens with one attached hydrogen (secondary N) is 2. The number of hydrogen-bond donors (Lipinski definition) is 5. The molecule has 42 heavy (non-hydrogen) atoms. The molecule has 6 unspecified atom stereocenters. The maximum atomic E-state index is 14.6. The summed E-state index contributed by atoms with van der Waals surface area (Å²) in [6.45, 7) is 0.630. The van der Waals surface area contributed by atoms with Gasteiger partial charge in [0.25, 0.3) is 0 Å². The van der Waals surface area contributed by atoms with Crippen LogP contribution in [0.4, 0.5) is 4.39 Å². The standard InChI is InChI=1S/C32H55FN4O5/c33-23-13-6-12-22(16-23)26-18-37(35-34-26)28-29(39)27(19-38)42-32(30(28)40)36(17-20-8-2-1-3-9-20)31(41)25-15-7-11-21-10-4-5-14-24(21)25/h20-30,32,34-35,38-40H,1-19H2/t21?,22?,23?,24?,25?,26?,27-,28+,29+,30-,32-/m1/s1. The third-order valence-electron chi connectivity index (χ3n) is 11.9. The first kappa shape index (κ1) is 31.1. The van der Waals surface area contributed by atoms with Crippen LogP contribution in [0, 0.1) is 29.6 Å². The number of ether oxygens (including phenoxy) is 1. The number of fused-ring (bicyclic) bond motifs is 1. The van der Waals surface area contributed by atoms with Gasteiger partial charge in [-0.05, 0) is 68.6 Å². The van der Waals surface area contributed by atoms with Gasteiger partial charge < -0.3 is 25.0 Å². The normalized spacial score (nSPS) is 44.0. The fraction of sp³-hybridized carbons (Fsp3) is 0.969. The highest BCUT2D eigenvalue weighted by Gasteiger charge is 2.53. The molecule has 6 aliphatic rings. The smallest absolute Gasteiger partial charge is 0.228 e. The summed E-state index contributed by atoms with van der Waals surface area (Å²) in [4.78, 5) is 16.4. The third kappa shape index (κ3) is 6.56. The van der Waals surface area contributed by atoms with Gasteiger partial charge in [0.05, 0.1) is 12.6 Å². The Labute approximate surface area is 250 Å². The summed E-state index contributed by atoms with van der Waals surface area (Å²) >= 11 is 0. The van der Waals surface area contributed by atoms with E-state index in [1.54, 1.807) is 5.01 Å². The number of hydrazine groups is 2. The van der Waals surface area contributed by atoms with E-state index in [2.05, 4.69) is 11.0 Å². The van der Waals surface area contributed by atoms with Crippen LogP contribution < -0.4 is 11.0 Å². The first-order valence-electron chi connectivity index (χ1n) is 17.3. The van der Waals surface area contributed by atoms with Crippen LogP contribution in [0.25, 0.3) is 0 Å². The second-order valence-corrected chi connectivity index (χ2v) is 14.5. The van der Waals surface area contributed by atoms with Crippen molar-refractivity contribution >= 4 is 5.91 Å². The molecule has 240 valence electrons. The predicted octanol–water partition coefficient (Wildman–Crippen LogP) is 3.03. The molecule has 0 radical (unpaired) electrons. The van der Waals surface area contributed by atoms with E-state index in [0.29, 0.717) is 43.7 Å². The van der Waals surface area contributed by atoms with Gasteiger partial charge in [0.2, 0.25) is 5.91 Å². The third-order valence-corrected chi connectivity index (χ3v) is 11.9. The van der Waals surface area contributed by atoms with Crippen LogP contribution in [0.1, 0.15) is 103 Å². The molecule has 0 aromatic rings. The molecule has 11 atom stereocenters. The minimum atomic E-state index is -1.17. The SMILES string of the molecule is O=C(C1CCCC2CCCCC21)N(CC1CCCCC1)[C@@H]1O[C@H](CO)[C@H](O)[C@H](N2CC(C3CCCC(F)C3)NN2)[C@H]1O. The molecule has 4 saturated carbocycles. The molecule has 6 fully saturated rings. The van der Waals surface area contributed by atoms with Crippen molar-refractivity contribution in [1.29, 1.82) is 0 Å². The van der Waals surface area contributed by atoms with E-state index in [4.69, 9.17) is 4.74 Å². The predicted molar refractivity (Wildman–Crippen MR) is 156 cm³/mol. The molecule has 1 amide bonds. The second-order valence-electron chi connectivity index (χ2n) is 14.5. The van der Waals surface area contributed by atoms with Crippen LogP contribution in [-0.2, 0) is 9.53 Å². The Morgan fingerprint density at radius 2 is 1.60 bits per heavy atom. The molecule has 2 aliphatic heterocycles. The number of carbonyl (C=O) groups is 1. The molecular weight excluding hydrogens is 539 g/mol. The van der Waals surface area contributed by atoms with Crippen LogP contribution in [0.15, 0.2) is 0 Å². The maximum absolute atomic E-state index is 14.6. The fourth-order valence-corrected chi connectivity index (χ4v) is 9.60. The maximum Gasteiger partial charge on any atom is 0.228 e. The van der Waals surface area contributed by atoms with E-state index in [1.165, 1.54) is 32.1 Å². The molecule has 5 N–H and O–H groups in total. The van der Waals surface area contributed by atoms with Crippen LogP contribution in [0.3, 0.4) is 0 Å². The molecule has 0 aromatic carbocycles. The average molecular weight is 595 g/mol. The van der Waals surface area contributed by atoms with Gasteiger partial charge in [0, 0.05) is 25.0 Å². The summed E-state index contributed by atoms with van der Waals surface area (Å²) in [5.41, 5.74) is 6.45. The minimum Gasteiger partial charge on any atom is -0.394 e. The highest BCUT2D eigenvalue weighted by atomic mass is 19.1. The van der Waals surface area contributed by atoms with Crippen LogP contribution in [0.5, 0.6) is 0 Å². The number of alkyl halides is 1. The van der Waals surface area contributed by atoms with E-state index in [1.807, 2.05) is 4.90 Å². The number of hydrogen-bond acceptors (Lipinski definition) is 8. The first-order chi connectivity index (χ1) is 20.4. The van der Waals surface area contributed by atoms with Gasteiger partial charge in [-0.15, -0.1) is 0 Å². The largest absolute Gasteiger partial charge is 0.394 e. The Hall–Kier alpha value is -0.880. The van der Waals surface area contributed by atoms with E-state index in [-0.39, 0.29) is 23.8 Å². The Morgan fingerprint density at radius 1 is 0.881 bits per heavy atom. The van der Waals surface area contributed by atoms with Crippen LogP contribution in [-0.4, -0.2) is 93.6 Å². The molecule has 2 heterocycles. The van der Waals surface area contributed by atoms with Crippen molar-refractivity contribution in [3.05, 3.63) is 0 Å². The molecule has 2 saturated heterocycles. The second kappa shape index (κ2) is 14.0.